The Hall–Kier alpha value is -2.31. The maximum atomic E-state index is 14.0. The molecule has 0 saturated carbocycles. The van der Waals surface area contributed by atoms with Crippen LogP contribution in [0.4, 0.5) is 4.39 Å². The van der Waals surface area contributed by atoms with Crippen molar-refractivity contribution in [2.45, 2.75) is 6.42 Å². The molecular weight excluding hydrogens is 307 g/mol. The molecule has 2 aromatic heterocycles. The van der Waals surface area contributed by atoms with Crippen molar-refractivity contribution in [1.29, 1.82) is 0 Å². The molecule has 22 heavy (non-hydrogen) atoms. The lowest BCUT2D eigenvalue weighted by atomic mass is 10.2. The van der Waals surface area contributed by atoms with Gasteiger partial charge in [-0.05, 0) is 30.8 Å². The van der Waals surface area contributed by atoms with Gasteiger partial charge in [-0.15, -0.1) is 0 Å². The van der Waals surface area contributed by atoms with Crippen LogP contribution < -0.4 is 11.3 Å². The van der Waals surface area contributed by atoms with Crippen molar-refractivity contribution in [2.75, 3.05) is 6.54 Å². The second kappa shape index (κ2) is 5.82. The Labute approximate surface area is 130 Å². The van der Waals surface area contributed by atoms with E-state index in [1.54, 1.807) is 18.3 Å². The van der Waals surface area contributed by atoms with Crippen LogP contribution in [0.1, 0.15) is 5.82 Å². The molecule has 0 aliphatic heterocycles. The third kappa shape index (κ3) is 2.36. The summed E-state index contributed by atoms with van der Waals surface area (Å²) in [4.78, 5) is 21.1. The number of nitrogens with two attached hydrogens (primary N) is 1. The van der Waals surface area contributed by atoms with E-state index in [-0.39, 0.29) is 22.5 Å². The van der Waals surface area contributed by atoms with Gasteiger partial charge in [-0.2, -0.15) is 0 Å². The summed E-state index contributed by atoms with van der Waals surface area (Å²) in [5.41, 5.74) is 5.63. The maximum absolute atomic E-state index is 14.0. The first-order valence-electron chi connectivity index (χ1n) is 6.63. The fourth-order valence-electron chi connectivity index (χ4n) is 2.31. The van der Waals surface area contributed by atoms with Gasteiger partial charge in [-0.1, -0.05) is 11.6 Å². The first-order chi connectivity index (χ1) is 10.6. The highest BCUT2D eigenvalue weighted by atomic mass is 35.5. The molecule has 0 spiro atoms. The molecule has 0 fully saturated rings. The second-order valence-corrected chi connectivity index (χ2v) is 5.08. The molecule has 1 aromatic carbocycles. The van der Waals surface area contributed by atoms with E-state index >= 15 is 0 Å². The van der Waals surface area contributed by atoms with Crippen LogP contribution in [0.2, 0.25) is 5.02 Å². The lowest BCUT2D eigenvalue weighted by Crippen LogP contribution is -2.26. The molecule has 2 heterocycles. The summed E-state index contributed by atoms with van der Waals surface area (Å²) in [6, 6.07) is 5.96. The molecule has 0 unspecified atom stereocenters. The minimum atomic E-state index is -0.590. The Morgan fingerprint density at radius 2 is 2.14 bits per heavy atom. The average molecular weight is 319 g/mol. The van der Waals surface area contributed by atoms with Crippen LogP contribution in [0.15, 0.2) is 41.5 Å². The molecule has 112 valence electrons. The summed E-state index contributed by atoms with van der Waals surface area (Å²) in [5.74, 6) is -0.220. The fraction of sp³-hybridized carbons (Fsp3) is 0.133. The number of benzene rings is 1. The highest BCUT2D eigenvalue weighted by Crippen LogP contribution is 2.22. The Balaban J connectivity index is 2.45. The van der Waals surface area contributed by atoms with Crippen LogP contribution >= 0.6 is 11.6 Å². The molecule has 0 amide bonds. The molecule has 5 nitrogen and oxygen atoms in total. The fourth-order valence-corrected chi connectivity index (χ4v) is 2.54. The maximum Gasteiger partial charge on any atom is 0.267 e. The molecule has 0 saturated heterocycles. The molecule has 0 atom stereocenters. The van der Waals surface area contributed by atoms with Gasteiger partial charge in [0.15, 0.2) is 0 Å². The Bertz CT molecular complexity index is 895. The van der Waals surface area contributed by atoms with E-state index in [1.165, 1.54) is 22.9 Å². The summed E-state index contributed by atoms with van der Waals surface area (Å²) >= 11 is 6.06. The molecule has 3 aromatic rings. The largest absolute Gasteiger partial charge is 0.330 e. The van der Waals surface area contributed by atoms with E-state index in [1.807, 2.05) is 0 Å². The van der Waals surface area contributed by atoms with E-state index in [0.717, 1.165) is 0 Å². The zero-order valence-electron chi connectivity index (χ0n) is 11.5. The van der Waals surface area contributed by atoms with E-state index in [9.17, 15) is 9.18 Å². The van der Waals surface area contributed by atoms with Crippen LogP contribution in [-0.4, -0.2) is 21.1 Å². The van der Waals surface area contributed by atoms with Gasteiger partial charge in [-0.3, -0.25) is 14.3 Å². The summed E-state index contributed by atoms with van der Waals surface area (Å²) < 4.78 is 15.4. The van der Waals surface area contributed by atoms with Gasteiger partial charge in [0, 0.05) is 12.6 Å². The van der Waals surface area contributed by atoms with Gasteiger partial charge < -0.3 is 5.73 Å². The Morgan fingerprint density at radius 1 is 1.32 bits per heavy atom. The van der Waals surface area contributed by atoms with Crippen LogP contribution in [0, 0.1) is 5.82 Å². The summed E-state index contributed by atoms with van der Waals surface area (Å²) in [6.07, 6.45) is 3.45. The van der Waals surface area contributed by atoms with E-state index < -0.39 is 11.4 Å². The van der Waals surface area contributed by atoms with Gasteiger partial charge in [-0.25, -0.2) is 9.37 Å². The Morgan fingerprint density at radius 3 is 2.82 bits per heavy atom. The number of rotatable bonds is 3. The first kappa shape index (κ1) is 14.6. The minimum absolute atomic E-state index is 0.0407. The molecule has 0 aliphatic carbocycles. The highest BCUT2D eigenvalue weighted by Gasteiger charge is 2.17. The van der Waals surface area contributed by atoms with Crippen molar-refractivity contribution >= 4 is 22.5 Å². The predicted molar refractivity (Wildman–Crippen MR) is 82.9 cm³/mol. The summed E-state index contributed by atoms with van der Waals surface area (Å²) in [7, 11) is 0. The lowest BCUT2D eigenvalue weighted by Gasteiger charge is -2.13. The van der Waals surface area contributed by atoms with Gasteiger partial charge in [0.2, 0.25) is 0 Å². The van der Waals surface area contributed by atoms with Crippen molar-refractivity contribution in [3.63, 3.8) is 0 Å². The first-order valence-corrected chi connectivity index (χ1v) is 7.01. The number of hydrogen-bond donors (Lipinski definition) is 1. The second-order valence-electron chi connectivity index (χ2n) is 4.67. The van der Waals surface area contributed by atoms with Crippen molar-refractivity contribution in [2.24, 2.45) is 5.73 Å². The van der Waals surface area contributed by atoms with Gasteiger partial charge in [0.25, 0.3) is 5.56 Å². The van der Waals surface area contributed by atoms with Gasteiger partial charge in [0.05, 0.1) is 22.3 Å². The molecule has 0 radical (unpaired) electrons. The summed E-state index contributed by atoms with van der Waals surface area (Å²) in [5, 5.41) is 0.206. The van der Waals surface area contributed by atoms with Crippen LogP contribution in [0.25, 0.3) is 16.6 Å². The predicted octanol–water partition coefficient (Wildman–Crippen LogP) is 2.07. The summed E-state index contributed by atoms with van der Waals surface area (Å²) in [6.45, 7) is 0.278. The molecule has 7 heteroatoms. The normalized spacial score (nSPS) is 11.0. The van der Waals surface area contributed by atoms with Gasteiger partial charge >= 0.3 is 0 Å². The van der Waals surface area contributed by atoms with Crippen molar-refractivity contribution in [3.05, 3.63) is 63.7 Å². The smallest absolute Gasteiger partial charge is 0.267 e. The zero-order valence-corrected chi connectivity index (χ0v) is 12.2. The van der Waals surface area contributed by atoms with Crippen LogP contribution in [0.3, 0.4) is 0 Å². The third-order valence-corrected chi connectivity index (χ3v) is 3.58. The number of fused-ring (bicyclic) bond motifs is 1. The highest BCUT2D eigenvalue weighted by molar-refractivity contribution is 6.35. The van der Waals surface area contributed by atoms with E-state index in [2.05, 4.69) is 9.97 Å². The number of aromatic nitrogens is 3. The van der Waals surface area contributed by atoms with Crippen molar-refractivity contribution in [1.82, 2.24) is 14.5 Å². The molecule has 2 N–H and O–H groups in total. The van der Waals surface area contributed by atoms with Crippen molar-refractivity contribution < 1.29 is 4.39 Å². The van der Waals surface area contributed by atoms with Crippen LogP contribution in [0.5, 0.6) is 0 Å². The minimum Gasteiger partial charge on any atom is -0.330 e. The number of pyridine rings is 1. The monoisotopic (exact) mass is 318 g/mol. The van der Waals surface area contributed by atoms with E-state index in [4.69, 9.17) is 17.3 Å². The molecular formula is C15H12ClFN4O. The van der Waals surface area contributed by atoms with E-state index in [0.29, 0.717) is 17.9 Å². The number of nitrogens with zero attached hydrogens (tertiary/aromatic N) is 3. The number of halogens is 2. The standard InChI is InChI=1S/C15H12ClFN4O/c16-10-3-4-11(17)14-13(10)15(22)21(12(20-14)5-6-18)9-2-1-7-19-8-9/h1-4,7-8H,5-6,18H2. The number of hydrogen-bond acceptors (Lipinski definition) is 4. The lowest BCUT2D eigenvalue weighted by molar-refractivity contribution is 0.634. The average Bonchev–Trinajstić information content (AvgIpc) is 2.52. The zero-order chi connectivity index (χ0) is 15.7. The molecule has 3 rings (SSSR count). The molecule has 0 aliphatic rings. The SMILES string of the molecule is NCCc1nc2c(F)ccc(Cl)c2c(=O)n1-c1cccnc1. The van der Waals surface area contributed by atoms with Crippen LogP contribution in [-0.2, 0) is 6.42 Å². The molecule has 0 bridgehead atoms. The Kier molecular flexibility index (Phi) is 3.87. The topological polar surface area (TPSA) is 73.8 Å². The quantitative estimate of drug-likeness (QED) is 0.802. The van der Waals surface area contributed by atoms with Gasteiger partial charge in [0.1, 0.15) is 17.2 Å². The van der Waals surface area contributed by atoms with Crippen molar-refractivity contribution in [3.8, 4) is 5.69 Å². The third-order valence-electron chi connectivity index (χ3n) is 3.27.